The summed E-state index contributed by atoms with van der Waals surface area (Å²) in [6.07, 6.45) is 4.72. The number of sulfonamides is 1. The number of hydrogen-bond donors (Lipinski definition) is 2. The fourth-order valence-corrected chi connectivity index (χ4v) is 4.81. The molecule has 1 heterocycles. The maximum Gasteiger partial charge on any atom is 0.208 e. The van der Waals surface area contributed by atoms with Crippen molar-refractivity contribution in [3.8, 4) is 0 Å². The van der Waals surface area contributed by atoms with Crippen molar-refractivity contribution in [1.82, 2.24) is 10.0 Å². The molecule has 0 radical (unpaired) electrons. The fourth-order valence-electron chi connectivity index (χ4n) is 2.22. The summed E-state index contributed by atoms with van der Waals surface area (Å²) in [5.41, 5.74) is 1.41. The molecular formula is C11H17IN2O2S2. The molecule has 2 N–H and O–H groups in total. The lowest BCUT2D eigenvalue weighted by Gasteiger charge is -2.23. The van der Waals surface area contributed by atoms with Crippen molar-refractivity contribution in [3.63, 3.8) is 0 Å². The van der Waals surface area contributed by atoms with Gasteiger partial charge in [-0.3, -0.25) is 0 Å². The Balaban J connectivity index is 1.87. The molecule has 0 saturated carbocycles. The van der Waals surface area contributed by atoms with Gasteiger partial charge < -0.3 is 5.32 Å². The average Bonchev–Trinajstić information content (AvgIpc) is 2.64. The average molecular weight is 400 g/mol. The van der Waals surface area contributed by atoms with Gasteiger partial charge in [0.2, 0.25) is 10.0 Å². The molecule has 0 fully saturated rings. The van der Waals surface area contributed by atoms with Crippen LogP contribution in [0, 0.1) is 2.88 Å². The predicted molar refractivity (Wildman–Crippen MR) is 83.6 cm³/mol. The van der Waals surface area contributed by atoms with Gasteiger partial charge in [0.1, 0.15) is 0 Å². The minimum atomic E-state index is -3.07. The van der Waals surface area contributed by atoms with Crippen LogP contribution in [-0.4, -0.2) is 27.8 Å². The Morgan fingerprint density at radius 1 is 1.50 bits per heavy atom. The lowest BCUT2D eigenvalue weighted by Crippen LogP contribution is -2.33. The minimum Gasteiger partial charge on any atom is -0.309 e. The highest BCUT2D eigenvalue weighted by molar-refractivity contribution is 14.1. The van der Waals surface area contributed by atoms with Gasteiger partial charge in [0, 0.05) is 24.0 Å². The molecule has 1 aliphatic carbocycles. The molecule has 1 aromatic rings. The van der Waals surface area contributed by atoms with E-state index in [9.17, 15) is 8.42 Å². The van der Waals surface area contributed by atoms with E-state index in [-0.39, 0.29) is 0 Å². The molecule has 4 nitrogen and oxygen atoms in total. The Morgan fingerprint density at radius 2 is 2.28 bits per heavy atom. The Hall–Kier alpha value is 0.300. The molecule has 0 spiro atoms. The molecular weight excluding hydrogens is 383 g/mol. The second-order valence-electron chi connectivity index (χ2n) is 4.49. The van der Waals surface area contributed by atoms with Gasteiger partial charge in [-0.25, -0.2) is 13.1 Å². The zero-order valence-corrected chi connectivity index (χ0v) is 14.0. The van der Waals surface area contributed by atoms with Crippen molar-refractivity contribution in [2.24, 2.45) is 0 Å². The molecule has 1 unspecified atom stereocenters. The Labute approximate surface area is 126 Å². The van der Waals surface area contributed by atoms with E-state index in [1.54, 1.807) is 0 Å². The SMILES string of the molecule is CS(=O)(=O)NCCNC1CCCc2sc(I)cc21. The summed E-state index contributed by atoms with van der Waals surface area (Å²) >= 11 is 4.24. The van der Waals surface area contributed by atoms with Crippen LogP contribution in [0.15, 0.2) is 6.07 Å². The standard InChI is InChI=1S/C11H17IN2O2S2/c1-18(15,16)14-6-5-13-9-3-2-4-10-8(9)7-11(12)17-10/h7,9,13-14H,2-6H2,1H3. The number of rotatable bonds is 5. The summed E-state index contributed by atoms with van der Waals surface area (Å²) < 4.78 is 25.7. The van der Waals surface area contributed by atoms with Crippen LogP contribution in [0.1, 0.15) is 29.3 Å². The Morgan fingerprint density at radius 3 is 3.00 bits per heavy atom. The van der Waals surface area contributed by atoms with E-state index in [0.717, 1.165) is 6.42 Å². The van der Waals surface area contributed by atoms with Gasteiger partial charge >= 0.3 is 0 Å². The van der Waals surface area contributed by atoms with Crippen molar-refractivity contribution in [2.45, 2.75) is 25.3 Å². The third-order valence-electron chi connectivity index (χ3n) is 2.96. The molecule has 18 heavy (non-hydrogen) atoms. The largest absolute Gasteiger partial charge is 0.309 e. The van der Waals surface area contributed by atoms with E-state index in [1.807, 2.05) is 11.3 Å². The molecule has 2 rings (SSSR count). The second kappa shape index (κ2) is 6.17. The van der Waals surface area contributed by atoms with E-state index in [1.165, 1.54) is 32.4 Å². The highest BCUT2D eigenvalue weighted by Crippen LogP contribution is 2.36. The van der Waals surface area contributed by atoms with Crippen molar-refractivity contribution in [2.75, 3.05) is 19.3 Å². The molecule has 1 aliphatic rings. The summed E-state index contributed by atoms with van der Waals surface area (Å²) in [6.45, 7) is 1.12. The quantitative estimate of drug-likeness (QED) is 0.586. The van der Waals surface area contributed by atoms with E-state index >= 15 is 0 Å². The van der Waals surface area contributed by atoms with Gasteiger partial charge in [0.05, 0.1) is 9.14 Å². The third-order valence-corrected chi connectivity index (χ3v) is 5.66. The number of nitrogens with one attached hydrogen (secondary N) is 2. The lowest BCUT2D eigenvalue weighted by atomic mass is 9.94. The maximum absolute atomic E-state index is 10.9. The first-order valence-electron chi connectivity index (χ1n) is 5.92. The van der Waals surface area contributed by atoms with E-state index in [4.69, 9.17) is 0 Å². The smallest absolute Gasteiger partial charge is 0.208 e. The first-order valence-corrected chi connectivity index (χ1v) is 9.70. The van der Waals surface area contributed by atoms with Gasteiger partial charge in [-0.2, -0.15) is 0 Å². The minimum absolute atomic E-state index is 0.384. The van der Waals surface area contributed by atoms with Crippen LogP contribution in [0.2, 0.25) is 0 Å². The first-order chi connectivity index (χ1) is 8.46. The van der Waals surface area contributed by atoms with Crippen LogP contribution in [0.3, 0.4) is 0 Å². The summed E-state index contributed by atoms with van der Waals surface area (Å²) in [5.74, 6) is 0. The molecule has 102 valence electrons. The van der Waals surface area contributed by atoms with Crippen LogP contribution < -0.4 is 10.0 Å². The van der Waals surface area contributed by atoms with Crippen LogP contribution >= 0.6 is 33.9 Å². The van der Waals surface area contributed by atoms with Crippen molar-refractivity contribution in [1.29, 1.82) is 0 Å². The predicted octanol–water partition coefficient (Wildman–Crippen LogP) is 1.87. The van der Waals surface area contributed by atoms with Crippen LogP contribution in [0.5, 0.6) is 0 Å². The number of fused-ring (bicyclic) bond motifs is 1. The zero-order valence-electron chi connectivity index (χ0n) is 10.2. The normalized spacial score (nSPS) is 19.8. The van der Waals surface area contributed by atoms with Gasteiger partial charge in [-0.1, -0.05) is 0 Å². The molecule has 0 saturated heterocycles. The zero-order chi connectivity index (χ0) is 13.2. The number of halogens is 1. The van der Waals surface area contributed by atoms with E-state index in [0.29, 0.717) is 19.1 Å². The van der Waals surface area contributed by atoms with Crippen molar-refractivity contribution < 1.29 is 8.42 Å². The Kier molecular flexibility index (Phi) is 5.04. The van der Waals surface area contributed by atoms with E-state index in [2.05, 4.69) is 38.7 Å². The van der Waals surface area contributed by atoms with Crippen LogP contribution in [-0.2, 0) is 16.4 Å². The third kappa shape index (κ3) is 4.16. The molecule has 0 aromatic carbocycles. The molecule has 1 atom stereocenters. The molecule has 0 bridgehead atoms. The summed E-state index contributed by atoms with van der Waals surface area (Å²) in [5, 5.41) is 3.44. The second-order valence-corrected chi connectivity index (χ2v) is 9.36. The summed E-state index contributed by atoms with van der Waals surface area (Å²) in [4.78, 5) is 1.49. The van der Waals surface area contributed by atoms with Gasteiger partial charge in [0.25, 0.3) is 0 Å². The maximum atomic E-state index is 10.9. The van der Waals surface area contributed by atoms with Gasteiger partial charge in [0.15, 0.2) is 0 Å². The van der Waals surface area contributed by atoms with Gasteiger partial charge in [-0.15, -0.1) is 11.3 Å². The molecule has 7 heteroatoms. The molecule has 0 aliphatic heterocycles. The lowest BCUT2D eigenvalue weighted by molar-refractivity contribution is 0.465. The number of thiophene rings is 1. The highest BCUT2D eigenvalue weighted by Gasteiger charge is 2.21. The number of aryl methyl sites for hydroxylation is 1. The first kappa shape index (κ1) is 14.7. The van der Waals surface area contributed by atoms with Crippen LogP contribution in [0.4, 0.5) is 0 Å². The van der Waals surface area contributed by atoms with Gasteiger partial charge in [-0.05, 0) is 53.5 Å². The number of hydrogen-bond acceptors (Lipinski definition) is 4. The topological polar surface area (TPSA) is 58.2 Å². The van der Waals surface area contributed by atoms with Crippen LogP contribution in [0.25, 0.3) is 0 Å². The summed E-state index contributed by atoms with van der Waals surface area (Å²) in [6, 6.07) is 2.64. The monoisotopic (exact) mass is 400 g/mol. The highest BCUT2D eigenvalue weighted by atomic mass is 127. The van der Waals surface area contributed by atoms with Crippen molar-refractivity contribution in [3.05, 3.63) is 19.4 Å². The molecule has 1 aromatic heterocycles. The van der Waals surface area contributed by atoms with Crippen molar-refractivity contribution >= 4 is 44.0 Å². The fraction of sp³-hybridized carbons (Fsp3) is 0.636. The Bertz CT molecular complexity index is 513. The molecule has 0 amide bonds. The van der Waals surface area contributed by atoms with E-state index < -0.39 is 10.0 Å². The summed E-state index contributed by atoms with van der Waals surface area (Å²) in [7, 11) is -3.07.